The number of fused-ring (bicyclic) bond motifs is 1. The van der Waals surface area contributed by atoms with Crippen molar-refractivity contribution >= 4 is 28.6 Å². The zero-order valence-electron chi connectivity index (χ0n) is 12.4. The number of thioether (sulfide) groups is 1. The second-order valence-corrected chi connectivity index (χ2v) is 5.96. The van der Waals surface area contributed by atoms with Gasteiger partial charge in [-0.2, -0.15) is 11.8 Å². The van der Waals surface area contributed by atoms with Crippen LogP contribution < -0.4 is 10.7 Å². The van der Waals surface area contributed by atoms with Gasteiger partial charge in [-0.25, -0.2) is 8.78 Å². The number of aromatic nitrogens is 1. The average Bonchev–Trinajstić information content (AvgIpc) is 2.52. The maximum absolute atomic E-state index is 13.6. The Kier molecular flexibility index (Phi) is 5.73. The van der Waals surface area contributed by atoms with E-state index in [-0.39, 0.29) is 23.1 Å². The number of aromatic amines is 1. The van der Waals surface area contributed by atoms with Crippen LogP contribution in [-0.2, 0) is 0 Å². The molecule has 1 amide bonds. The number of aliphatic hydroxyl groups is 1. The lowest BCUT2D eigenvalue weighted by Crippen LogP contribution is -2.40. The Morgan fingerprint density at radius 2 is 2.17 bits per heavy atom. The maximum atomic E-state index is 13.6. The van der Waals surface area contributed by atoms with E-state index in [1.807, 2.05) is 6.26 Å². The van der Waals surface area contributed by atoms with E-state index in [9.17, 15) is 23.5 Å². The van der Waals surface area contributed by atoms with Crippen LogP contribution in [-0.4, -0.2) is 40.7 Å². The first-order valence-corrected chi connectivity index (χ1v) is 8.28. The number of carbonyl (C=O) groups is 1. The van der Waals surface area contributed by atoms with Crippen LogP contribution in [0.25, 0.3) is 10.9 Å². The minimum atomic E-state index is -0.905. The fourth-order valence-electron chi connectivity index (χ4n) is 2.16. The van der Waals surface area contributed by atoms with Gasteiger partial charge in [-0.3, -0.25) is 9.59 Å². The molecule has 0 unspecified atom stereocenters. The summed E-state index contributed by atoms with van der Waals surface area (Å²) in [4.78, 5) is 27.0. The number of carbonyl (C=O) groups excluding carboxylic acids is 1. The maximum Gasteiger partial charge on any atom is 0.257 e. The van der Waals surface area contributed by atoms with Crippen molar-refractivity contribution in [1.29, 1.82) is 0 Å². The van der Waals surface area contributed by atoms with Crippen LogP contribution in [0.1, 0.15) is 16.8 Å². The van der Waals surface area contributed by atoms with E-state index in [4.69, 9.17) is 0 Å². The second kappa shape index (κ2) is 7.56. The van der Waals surface area contributed by atoms with Gasteiger partial charge in [0.2, 0.25) is 5.43 Å². The number of aliphatic hydroxyl groups excluding tert-OH is 1. The molecule has 8 heteroatoms. The Morgan fingerprint density at radius 1 is 1.43 bits per heavy atom. The Balaban J connectivity index is 2.34. The smallest absolute Gasteiger partial charge is 0.257 e. The van der Waals surface area contributed by atoms with Gasteiger partial charge in [0.1, 0.15) is 17.2 Å². The molecule has 0 aliphatic heterocycles. The summed E-state index contributed by atoms with van der Waals surface area (Å²) in [5, 5.41) is 11.6. The van der Waals surface area contributed by atoms with E-state index in [0.29, 0.717) is 12.5 Å². The molecule has 124 valence electrons. The third-order valence-electron chi connectivity index (χ3n) is 3.38. The van der Waals surface area contributed by atoms with Crippen molar-refractivity contribution in [3.63, 3.8) is 0 Å². The quantitative estimate of drug-likeness (QED) is 0.745. The largest absolute Gasteiger partial charge is 0.394 e. The lowest BCUT2D eigenvalue weighted by Gasteiger charge is -2.15. The number of halogens is 2. The zero-order valence-corrected chi connectivity index (χ0v) is 13.2. The lowest BCUT2D eigenvalue weighted by atomic mass is 10.1. The van der Waals surface area contributed by atoms with Crippen molar-refractivity contribution in [2.45, 2.75) is 12.5 Å². The Morgan fingerprint density at radius 3 is 2.83 bits per heavy atom. The number of pyridine rings is 1. The molecule has 0 aliphatic carbocycles. The zero-order chi connectivity index (χ0) is 17.0. The molecule has 23 heavy (non-hydrogen) atoms. The Labute approximate surface area is 135 Å². The minimum Gasteiger partial charge on any atom is -0.394 e. The summed E-state index contributed by atoms with van der Waals surface area (Å²) < 4.78 is 26.9. The standard InChI is InChI=1S/C15H16F2N2O3S/c1-23-3-2-9(7-20)19-15(22)11-6-18-13-10(14(11)21)4-8(16)5-12(13)17/h4-6,9,20H,2-3,7H2,1H3,(H,18,21)(H,19,22)/t9-/m1/s1. The summed E-state index contributed by atoms with van der Waals surface area (Å²) in [5.74, 6) is -1.77. The van der Waals surface area contributed by atoms with E-state index in [0.717, 1.165) is 18.0 Å². The number of hydrogen-bond acceptors (Lipinski definition) is 4. The molecule has 1 aromatic carbocycles. The lowest BCUT2D eigenvalue weighted by molar-refractivity contribution is 0.0914. The third kappa shape index (κ3) is 3.89. The summed E-state index contributed by atoms with van der Waals surface area (Å²) >= 11 is 1.56. The minimum absolute atomic E-state index is 0.158. The summed E-state index contributed by atoms with van der Waals surface area (Å²) in [7, 11) is 0. The normalized spacial score (nSPS) is 12.3. The topological polar surface area (TPSA) is 82.2 Å². The van der Waals surface area contributed by atoms with Crippen molar-refractivity contribution < 1.29 is 18.7 Å². The highest BCUT2D eigenvalue weighted by Gasteiger charge is 2.18. The van der Waals surface area contributed by atoms with Gasteiger partial charge in [0.25, 0.3) is 5.91 Å². The fraction of sp³-hybridized carbons (Fsp3) is 0.333. The van der Waals surface area contributed by atoms with Crippen LogP contribution in [0.2, 0.25) is 0 Å². The van der Waals surface area contributed by atoms with Gasteiger partial charge in [-0.15, -0.1) is 0 Å². The number of amides is 1. The number of H-pyrrole nitrogens is 1. The van der Waals surface area contributed by atoms with Gasteiger partial charge in [0.05, 0.1) is 23.6 Å². The molecule has 2 aromatic rings. The molecule has 0 radical (unpaired) electrons. The molecular formula is C15H16F2N2O3S. The van der Waals surface area contributed by atoms with Crippen molar-refractivity contribution in [2.24, 2.45) is 0 Å². The molecule has 0 spiro atoms. The van der Waals surface area contributed by atoms with Crippen LogP contribution in [0.4, 0.5) is 8.78 Å². The van der Waals surface area contributed by atoms with E-state index >= 15 is 0 Å². The molecule has 0 aliphatic rings. The number of rotatable bonds is 6. The van der Waals surface area contributed by atoms with Crippen molar-refractivity contribution in [3.8, 4) is 0 Å². The first-order chi connectivity index (χ1) is 11.0. The van der Waals surface area contributed by atoms with Crippen LogP contribution in [0.5, 0.6) is 0 Å². The number of benzene rings is 1. The summed E-state index contributed by atoms with van der Waals surface area (Å²) in [5.41, 5.74) is -1.18. The summed E-state index contributed by atoms with van der Waals surface area (Å²) in [6, 6.07) is 1.04. The van der Waals surface area contributed by atoms with Gasteiger partial charge < -0.3 is 15.4 Å². The predicted molar refractivity (Wildman–Crippen MR) is 85.8 cm³/mol. The summed E-state index contributed by atoms with van der Waals surface area (Å²) in [6.45, 7) is -0.263. The van der Waals surface area contributed by atoms with Crippen molar-refractivity contribution in [2.75, 3.05) is 18.6 Å². The van der Waals surface area contributed by atoms with Crippen LogP contribution in [0, 0.1) is 11.6 Å². The molecule has 1 atom stereocenters. The van der Waals surface area contributed by atoms with Gasteiger partial charge >= 0.3 is 0 Å². The molecule has 3 N–H and O–H groups in total. The molecule has 0 saturated carbocycles. The van der Waals surface area contributed by atoms with E-state index < -0.39 is 29.0 Å². The molecule has 1 aromatic heterocycles. The van der Waals surface area contributed by atoms with Crippen LogP contribution in [0.15, 0.2) is 23.1 Å². The molecule has 2 rings (SSSR count). The highest BCUT2D eigenvalue weighted by atomic mass is 32.2. The van der Waals surface area contributed by atoms with E-state index in [2.05, 4.69) is 10.3 Å². The fourth-order valence-corrected chi connectivity index (χ4v) is 2.68. The first kappa shape index (κ1) is 17.4. The van der Waals surface area contributed by atoms with E-state index in [1.54, 1.807) is 11.8 Å². The molecule has 1 heterocycles. The first-order valence-electron chi connectivity index (χ1n) is 6.89. The van der Waals surface area contributed by atoms with Gasteiger partial charge in [-0.1, -0.05) is 0 Å². The number of hydrogen-bond donors (Lipinski definition) is 3. The van der Waals surface area contributed by atoms with Crippen molar-refractivity contribution in [3.05, 3.63) is 45.8 Å². The predicted octanol–water partition coefficient (Wildman–Crippen LogP) is 1.65. The SMILES string of the molecule is CSCC[C@H](CO)NC(=O)c1c[nH]c2c(F)cc(F)cc2c1=O. The molecule has 0 saturated heterocycles. The van der Waals surface area contributed by atoms with Gasteiger partial charge in [0.15, 0.2) is 0 Å². The van der Waals surface area contributed by atoms with Crippen LogP contribution in [0.3, 0.4) is 0 Å². The monoisotopic (exact) mass is 342 g/mol. The molecule has 0 bridgehead atoms. The highest BCUT2D eigenvalue weighted by molar-refractivity contribution is 7.98. The Hall–Kier alpha value is -1.93. The summed E-state index contributed by atoms with van der Waals surface area (Å²) in [6.07, 6.45) is 3.52. The second-order valence-electron chi connectivity index (χ2n) is 4.98. The molecule has 0 fully saturated rings. The number of nitrogens with one attached hydrogen (secondary N) is 2. The molecular weight excluding hydrogens is 326 g/mol. The average molecular weight is 342 g/mol. The van der Waals surface area contributed by atoms with Gasteiger partial charge in [0, 0.05) is 12.3 Å². The van der Waals surface area contributed by atoms with E-state index in [1.165, 1.54) is 0 Å². The van der Waals surface area contributed by atoms with Crippen molar-refractivity contribution in [1.82, 2.24) is 10.3 Å². The van der Waals surface area contributed by atoms with Crippen LogP contribution >= 0.6 is 11.8 Å². The highest BCUT2D eigenvalue weighted by Crippen LogP contribution is 2.15. The van der Waals surface area contributed by atoms with Gasteiger partial charge in [-0.05, 0) is 24.5 Å². The Bertz CT molecular complexity index is 779. The molecule has 5 nitrogen and oxygen atoms in total. The third-order valence-corrected chi connectivity index (χ3v) is 4.02.